The molecule has 0 radical (unpaired) electrons. The zero-order valence-electron chi connectivity index (χ0n) is 18.1. The van der Waals surface area contributed by atoms with E-state index >= 15 is 0 Å². The molecule has 1 N–H and O–H groups in total. The first-order valence-corrected chi connectivity index (χ1v) is 10.5. The van der Waals surface area contributed by atoms with Gasteiger partial charge in [-0.3, -0.25) is 4.79 Å². The van der Waals surface area contributed by atoms with Crippen molar-refractivity contribution in [2.24, 2.45) is 0 Å². The molecule has 0 aliphatic carbocycles. The number of nitrogens with zero attached hydrogens (tertiary/aromatic N) is 4. The summed E-state index contributed by atoms with van der Waals surface area (Å²) in [6.45, 7) is -3.21. The Morgan fingerprint density at radius 1 is 1.00 bits per heavy atom. The molecule has 1 saturated heterocycles. The van der Waals surface area contributed by atoms with Crippen LogP contribution in [0.15, 0.2) is 60.9 Å². The quantitative estimate of drug-likeness (QED) is 0.380. The molecule has 184 valence electrons. The van der Waals surface area contributed by atoms with Gasteiger partial charge in [-0.25, -0.2) is 9.97 Å². The SMILES string of the molecule is O=CN1CCN(c2ccccc2Nc2ncc(-c3ccc(OC(F)F)cc3)cn2)C(C(F)(F)F)C1. The van der Waals surface area contributed by atoms with Crippen molar-refractivity contribution in [2.75, 3.05) is 29.9 Å². The van der Waals surface area contributed by atoms with Gasteiger partial charge in [0.05, 0.1) is 11.4 Å². The monoisotopic (exact) mass is 493 g/mol. The Morgan fingerprint density at radius 2 is 1.69 bits per heavy atom. The maximum absolute atomic E-state index is 13.8. The van der Waals surface area contributed by atoms with Crippen molar-refractivity contribution in [1.82, 2.24) is 14.9 Å². The van der Waals surface area contributed by atoms with Crippen LogP contribution >= 0.6 is 0 Å². The molecule has 3 aromatic rings. The van der Waals surface area contributed by atoms with Gasteiger partial charge in [0, 0.05) is 37.6 Å². The lowest BCUT2D eigenvalue weighted by Crippen LogP contribution is -2.59. The van der Waals surface area contributed by atoms with Gasteiger partial charge in [-0.15, -0.1) is 0 Å². The molecule has 1 atom stereocenters. The summed E-state index contributed by atoms with van der Waals surface area (Å²) in [5, 5.41) is 2.96. The van der Waals surface area contributed by atoms with E-state index in [1.165, 1.54) is 29.4 Å². The van der Waals surface area contributed by atoms with E-state index in [0.29, 0.717) is 28.9 Å². The van der Waals surface area contributed by atoms with Gasteiger partial charge < -0.3 is 19.9 Å². The molecule has 0 bridgehead atoms. The first-order chi connectivity index (χ1) is 16.7. The largest absolute Gasteiger partial charge is 0.435 e. The van der Waals surface area contributed by atoms with E-state index in [9.17, 15) is 26.7 Å². The van der Waals surface area contributed by atoms with Gasteiger partial charge >= 0.3 is 12.8 Å². The van der Waals surface area contributed by atoms with Crippen molar-refractivity contribution in [3.05, 3.63) is 60.9 Å². The van der Waals surface area contributed by atoms with Gasteiger partial charge in [0.2, 0.25) is 12.4 Å². The van der Waals surface area contributed by atoms with Gasteiger partial charge in [-0.1, -0.05) is 24.3 Å². The fraction of sp³-hybridized carbons (Fsp3) is 0.261. The second kappa shape index (κ2) is 10.1. The average molecular weight is 493 g/mol. The minimum atomic E-state index is -4.54. The van der Waals surface area contributed by atoms with Crippen LogP contribution in [0, 0.1) is 0 Å². The molecule has 4 rings (SSSR count). The van der Waals surface area contributed by atoms with E-state index in [1.807, 2.05) is 0 Å². The molecule has 2 heterocycles. The smallest absolute Gasteiger partial charge is 0.410 e. The highest BCUT2D eigenvalue weighted by Crippen LogP contribution is 2.36. The molecular weight excluding hydrogens is 473 g/mol. The summed E-state index contributed by atoms with van der Waals surface area (Å²) >= 11 is 0. The van der Waals surface area contributed by atoms with Crippen LogP contribution in [0.4, 0.5) is 39.3 Å². The van der Waals surface area contributed by atoms with Crippen LogP contribution in [0.1, 0.15) is 0 Å². The molecule has 2 aromatic carbocycles. The van der Waals surface area contributed by atoms with E-state index in [4.69, 9.17) is 0 Å². The van der Waals surface area contributed by atoms with Crippen molar-refractivity contribution in [1.29, 1.82) is 0 Å². The van der Waals surface area contributed by atoms with Crippen LogP contribution in [0.25, 0.3) is 11.1 Å². The van der Waals surface area contributed by atoms with Crippen molar-refractivity contribution in [3.8, 4) is 16.9 Å². The number of rotatable bonds is 7. The third-order valence-corrected chi connectivity index (χ3v) is 5.46. The fourth-order valence-corrected chi connectivity index (χ4v) is 3.79. The molecule has 0 saturated carbocycles. The highest BCUT2D eigenvalue weighted by atomic mass is 19.4. The predicted molar refractivity (Wildman–Crippen MR) is 119 cm³/mol. The average Bonchev–Trinajstić information content (AvgIpc) is 2.84. The number of anilines is 3. The number of aromatic nitrogens is 2. The number of carbonyl (C=O) groups excluding carboxylic acids is 1. The van der Waals surface area contributed by atoms with E-state index in [0.717, 1.165) is 4.90 Å². The summed E-state index contributed by atoms with van der Waals surface area (Å²) in [6.07, 6.45) is -1.11. The number of benzene rings is 2. The molecule has 1 unspecified atom stereocenters. The van der Waals surface area contributed by atoms with E-state index in [1.54, 1.807) is 36.4 Å². The number of halogens is 5. The third kappa shape index (κ3) is 5.76. The predicted octanol–water partition coefficient (Wildman–Crippen LogP) is 4.70. The standard InChI is InChI=1S/C23H20F5N5O2/c24-21(25)35-17-7-5-15(6-8-17)16-11-29-22(30-12-16)31-18-3-1-2-4-19(18)33-10-9-32(14-34)13-20(33)23(26,27)28/h1-8,11-12,14,20-21H,9-10,13H2,(H,29,30,31). The van der Waals surface area contributed by atoms with Crippen molar-refractivity contribution in [2.45, 2.75) is 18.8 Å². The first kappa shape index (κ1) is 24.2. The zero-order chi connectivity index (χ0) is 25.0. The lowest BCUT2D eigenvalue weighted by atomic mass is 10.1. The number of para-hydroxylation sites is 2. The van der Waals surface area contributed by atoms with Gasteiger partial charge in [0.15, 0.2) is 0 Å². The fourth-order valence-electron chi connectivity index (χ4n) is 3.79. The summed E-state index contributed by atoms with van der Waals surface area (Å²) in [7, 11) is 0. The Bertz CT molecular complexity index is 1140. The number of nitrogens with one attached hydrogen (secondary N) is 1. The van der Waals surface area contributed by atoms with E-state index < -0.39 is 25.4 Å². The molecule has 1 aliphatic heterocycles. The van der Waals surface area contributed by atoms with Crippen molar-refractivity contribution >= 4 is 23.7 Å². The Labute approximate surface area is 197 Å². The van der Waals surface area contributed by atoms with Crippen LogP contribution in [0.2, 0.25) is 0 Å². The number of hydrogen-bond donors (Lipinski definition) is 1. The maximum Gasteiger partial charge on any atom is 0.410 e. The summed E-state index contributed by atoms with van der Waals surface area (Å²) in [5.74, 6) is 0.180. The Hall–Kier alpha value is -3.96. The maximum atomic E-state index is 13.8. The Balaban J connectivity index is 1.53. The van der Waals surface area contributed by atoms with Crippen molar-refractivity contribution in [3.63, 3.8) is 0 Å². The summed E-state index contributed by atoms with van der Waals surface area (Å²) in [5.41, 5.74) is 1.96. The highest BCUT2D eigenvalue weighted by Gasteiger charge is 2.47. The van der Waals surface area contributed by atoms with Crippen LogP contribution in [-0.2, 0) is 4.79 Å². The number of amides is 1. The molecule has 1 amide bonds. The minimum absolute atomic E-state index is 0.00662. The van der Waals surface area contributed by atoms with Crippen LogP contribution in [0.3, 0.4) is 0 Å². The molecular formula is C23H20F5N5O2. The molecule has 35 heavy (non-hydrogen) atoms. The van der Waals surface area contributed by atoms with Gasteiger partial charge in [0.25, 0.3) is 0 Å². The molecule has 12 heteroatoms. The van der Waals surface area contributed by atoms with Gasteiger partial charge in [-0.2, -0.15) is 22.0 Å². The number of alkyl halides is 5. The van der Waals surface area contributed by atoms with E-state index in [-0.39, 0.29) is 24.8 Å². The van der Waals surface area contributed by atoms with Crippen LogP contribution < -0.4 is 15.0 Å². The number of hydrogen-bond acceptors (Lipinski definition) is 6. The summed E-state index contributed by atoms with van der Waals surface area (Å²) in [6, 6.07) is 10.6. The van der Waals surface area contributed by atoms with Gasteiger partial charge in [-0.05, 0) is 29.8 Å². The minimum Gasteiger partial charge on any atom is -0.435 e. The lowest BCUT2D eigenvalue weighted by molar-refractivity contribution is -0.158. The van der Waals surface area contributed by atoms with E-state index in [2.05, 4.69) is 20.0 Å². The Morgan fingerprint density at radius 3 is 2.31 bits per heavy atom. The first-order valence-electron chi connectivity index (χ1n) is 10.5. The number of carbonyl (C=O) groups is 1. The zero-order valence-corrected chi connectivity index (χ0v) is 18.1. The summed E-state index contributed by atoms with van der Waals surface area (Å²) in [4.78, 5) is 21.8. The van der Waals surface area contributed by atoms with Crippen LogP contribution in [0.5, 0.6) is 5.75 Å². The second-order valence-corrected chi connectivity index (χ2v) is 7.69. The molecule has 1 aliphatic rings. The summed E-state index contributed by atoms with van der Waals surface area (Å²) < 4.78 is 70.2. The molecule has 7 nitrogen and oxygen atoms in total. The lowest BCUT2D eigenvalue weighted by Gasteiger charge is -2.42. The highest BCUT2D eigenvalue weighted by molar-refractivity contribution is 5.74. The molecule has 1 aromatic heterocycles. The second-order valence-electron chi connectivity index (χ2n) is 7.69. The number of ether oxygens (including phenoxy) is 1. The topological polar surface area (TPSA) is 70.6 Å². The van der Waals surface area contributed by atoms with Crippen LogP contribution in [-0.4, -0.2) is 59.7 Å². The van der Waals surface area contributed by atoms with Crippen molar-refractivity contribution < 1.29 is 31.5 Å². The van der Waals surface area contributed by atoms with Gasteiger partial charge in [0.1, 0.15) is 11.8 Å². The Kier molecular flexibility index (Phi) is 6.99. The third-order valence-electron chi connectivity index (χ3n) is 5.46. The number of piperazine rings is 1. The molecule has 0 spiro atoms. The normalized spacial score (nSPS) is 16.3. The molecule has 1 fully saturated rings.